The largest absolute Gasteiger partial charge is 0.481 e. The molecule has 1 fully saturated rings. The van der Waals surface area contributed by atoms with E-state index in [4.69, 9.17) is 5.11 Å². The number of carboxylic acids is 1. The van der Waals surface area contributed by atoms with Crippen molar-refractivity contribution in [3.05, 3.63) is 12.4 Å². The van der Waals surface area contributed by atoms with E-state index in [1.807, 2.05) is 0 Å². The number of carbonyl (C=O) groups is 2. The first-order chi connectivity index (χ1) is 8.56. The molecule has 0 bridgehead atoms. The number of carbonyl (C=O) groups excluding carboxylic acids is 1. The van der Waals surface area contributed by atoms with Crippen LogP contribution in [0.2, 0.25) is 0 Å². The molecule has 0 spiro atoms. The van der Waals surface area contributed by atoms with E-state index in [2.05, 4.69) is 10.4 Å². The summed E-state index contributed by atoms with van der Waals surface area (Å²) in [5.74, 6) is -1.15. The monoisotopic (exact) mass is 251 g/mol. The van der Waals surface area contributed by atoms with Gasteiger partial charge in [0.25, 0.3) is 0 Å². The Bertz CT molecular complexity index is 447. The van der Waals surface area contributed by atoms with Crippen LogP contribution >= 0.6 is 0 Å². The third kappa shape index (κ3) is 2.88. The molecular formula is C12H17N3O3. The Morgan fingerprint density at radius 2 is 1.94 bits per heavy atom. The molecule has 1 heterocycles. The first-order valence-electron chi connectivity index (χ1n) is 6.08. The van der Waals surface area contributed by atoms with Crippen molar-refractivity contribution in [2.45, 2.75) is 25.7 Å². The summed E-state index contributed by atoms with van der Waals surface area (Å²) in [5.41, 5.74) is 0.683. The Balaban J connectivity index is 1.86. The first-order valence-corrected chi connectivity index (χ1v) is 6.08. The fourth-order valence-corrected chi connectivity index (χ4v) is 2.33. The van der Waals surface area contributed by atoms with E-state index in [0.717, 1.165) is 0 Å². The minimum absolute atomic E-state index is 0.0353. The minimum atomic E-state index is -0.749. The van der Waals surface area contributed by atoms with Crippen LogP contribution in [-0.4, -0.2) is 26.8 Å². The Kier molecular flexibility index (Phi) is 3.64. The van der Waals surface area contributed by atoms with Gasteiger partial charge in [0, 0.05) is 19.2 Å². The van der Waals surface area contributed by atoms with Crippen LogP contribution in [0.15, 0.2) is 12.4 Å². The maximum absolute atomic E-state index is 12.0. The highest BCUT2D eigenvalue weighted by molar-refractivity contribution is 5.92. The van der Waals surface area contributed by atoms with Crippen LogP contribution in [0.3, 0.4) is 0 Å². The molecule has 98 valence electrons. The predicted molar refractivity (Wildman–Crippen MR) is 64.9 cm³/mol. The van der Waals surface area contributed by atoms with Gasteiger partial charge in [-0.05, 0) is 25.7 Å². The number of hydrogen-bond donors (Lipinski definition) is 2. The van der Waals surface area contributed by atoms with Gasteiger partial charge in [-0.2, -0.15) is 5.10 Å². The van der Waals surface area contributed by atoms with Crippen molar-refractivity contribution in [3.8, 4) is 0 Å². The number of hydrogen-bond acceptors (Lipinski definition) is 3. The molecule has 0 atom stereocenters. The van der Waals surface area contributed by atoms with Gasteiger partial charge < -0.3 is 10.4 Å². The van der Waals surface area contributed by atoms with E-state index in [1.165, 1.54) is 0 Å². The van der Waals surface area contributed by atoms with Crippen molar-refractivity contribution in [3.63, 3.8) is 0 Å². The maximum Gasteiger partial charge on any atom is 0.306 e. The van der Waals surface area contributed by atoms with E-state index < -0.39 is 5.97 Å². The van der Waals surface area contributed by atoms with E-state index in [9.17, 15) is 9.59 Å². The average molecular weight is 251 g/mol. The van der Waals surface area contributed by atoms with Gasteiger partial charge in [0.05, 0.1) is 17.8 Å². The molecule has 6 heteroatoms. The highest BCUT2D eigenvalue weighted by atomic mass is 16.4. The van der Waals surface area contributed by atoms with Gasteiger partial charge in [-0.15, -0.1) is 0 Å². The van der Waals surface area contributed by atoms with Gasteiger partial charge in [0.1, 0.15) is 0 Å². The fraction of sp³-hybridized carbons (Fsp3) is 0.583. The van der Waals surface area contributed by atoms with Gasteiger partial charge in [-0.1, -0.05) is 0 Å². The molecule has 0 aromatic carbocycles. The maximum atomic E-state index is 12.0. The van der Waals surface area contributed by atoms with E-state index in [-0.39, 0.29) is 17.7 Å². The lowest BCUT2D eigenvalue weighted by atomic mass is 9.81. The number of carboxylic acid groups (broad SMARTS) is 1. The zero-order chi connectivity index (χ0) is 13.1. The second-order valence-corrected chi connectivity index (χ2v) is 4.78. The quantitative estimate of drug-likeness (QED) is 0.846. The molecule has 0 radical (unpaired) electrons. The number of nitrogens with one attached hydrogen (secondary N) is 1. The van der Waals surface area contributed by atoms with Gasteiger partial charge >= 0.3 is 5.97 Å². The summed E-state index contributed by atoms with van der Waals surface area (Å²) in [6.07, 6.45) is 5.79. The van der Waals surface area contributed by atoms with Crippen LogP contribution in [-0.2, 0) is 16.6 Å². The van der Waals surface area contributed by atoms with Crippen LogP contribution in [0.5, 0.6) is 0 Å². The Labute approximate surface area is 105 Å². The average Bonchev–Trinajstić information content (AvgIpc) is 2.75. The molecule has 1 aromatic rings. The first kappa shape index (κ1) is 12.6. The van der Waals surface area contributed by atoms with Crippen LogP contribution < -0.4 is 5.32 Å². The molecule has 6 nitrogen and oxygen atoms in total. The number of aliphatic carboxylic acids is 1. The minimum Gasteiger partial charge on any atom is -0.481 e. The van der Waals surface area contributed by atoms with Gasteiger partial charge in [0.15, 0.2) is 0 Å². The molecule has 0 unspecified atom stereocenters. The topological polar surface area (TPSA) is 84.2 Å². The van der Waals surface area contributed by atoms with Crippen molar-refractivity contribution in [1.82, 2.24) is 9.78 Å². The second-order valence-electron chi connectivity index (χ2n) is 4.78. The van der Waals surface area contributed by atoms with Crippen molar-refractivity contribution < 1.29 is 14.7 Å². The van der Waals surface area contributed by atoms with Crippen LogP contribution in [0, 0.1) is 11.8 Å². The second kappa shape index (κ2) is 5.20. The normalized spacial score (nSPS) is 23.6. The van der Waals surface area contributed by atoms with E-state index in [1.54, 1.807) is 24.1 Å². The number of amides is 1. The molecule has 2 rings (SSSR count). The summed E-state index contributed by atoms with van der Waals surface area (Å²) < 4.78 is 1.62. The summed E-state index contributed by atoms with van der Waals surface area (Å²) >= 11 is 0. The number of nitrogens with zero attached hydrogens (tertiary/aromatic N) is 2. The summed E-state index contributed by atoms with van der Waals surface area (Å²) in [5, 5.41) is 15.7. The van der Waals surface area contributed by atoms with Gasteiger partial charge in [0.2, 0.25) is 5.91 Å². The lowest BCUT2D eigenvalue weighted by Gasteiger charge is -2.24. The number of rotatable bonds is 3. The summed E-state index contributed by atoms with van der Waals surface area (Å²) in [6.45, 7) is 0. The van der Waals surface area contributed by atoms with Crippen LogP contribution in [0.1, 0.15) is 25.7 Å². The number of aromatic nitrogens is 2. The zero-order valence-electron chi connectivity index (χ0n) is 10.3. The SMILES string of the molecule is Cn1cc(NC(=O)C2CCC(C(=O)O)CC2)cn1. The van der Waals surface area contributed by atoms with E-state index in [0.29, 0.717) is 31.4 Å². The van der Waals surface area contributed by atoms with Crippen molar-refractivity contribution in [2.24, 2.45) is 18.9 Å². The zero-order valence-corrected chi connectivity index (χ0v) is 10.3. The number of aryl methyl sites for hydroxylation is 1. The Hall–Kier alpha value is -1.85. The predicted octanol–water partition coefficient (Wildman–Crippen LogP) is 1.25. The highest BCUT2D eigenvalue weighted by Gasteiger charge is 2.29. The van der Waals surface area contributed by atoms with Crippen molar-refractivity contribution in [2.75, 3.05) is 5.32 Å². The molecule has 0 saturated heterocycles. The standard InChI is InChI=1S/C12H17N3O3/c1-15-7-10(6-13-15)14-11(16)8-2-4-9(5-3-8)12(17)18/h6-9H,2-5H2,1H3,(H,14,16)(H,17,18). The third-order valence-electron chi connectivity index (χ3n) is 3.42. The van der Waals surface area contributed by atoms with Gasteiger partial charge in [-0.3, -0.25) is 14.3 Å². The van der Waals surface area contributed by atoms with Gasteiger partial charge in [-0.25, -0.2) is 0 Å². The molecule has 1 aliphatic rings. The highest BCUT2D eigenvalue weighted by Crippen LogP contribution is 2.29. The summed E-state index contributed by atoms with van der Waals surface area (Å²) in [7, 11) is 1.79. The molecule has 0 aliphatic heterocycles. The van der Waals surface area contributed by atoms with Crippen LogP contribution in [0.4, 0.5) is 5.69 Å². The Morgan fingerprint density at radius 1 is 1.33 bits per heavy atom. The summed E-state index contributed by atoms with van der Waals surface area (Å²) in [4.78, 5) is 22.8. The fourth-order valence-electron chi connectivity index (χ4n) is 2.33. The molecule has 1 aliphatic carbocycles. The molecule has 1 aromatic heterocycles. The summed E-state index contributed by atoms with van der Waals surface area (Å²) in [6, 6.07) is 0. The Morgan fingerprint density at radius 3 is 2.44 bits per heavy atom. The van der Waals surface area contributed by atoms with Crippen molar-refractivity contribution in [1.29, 1.82) is 0 Å². The molecule has 18 heavy (non-hydrogen) atoms. The molecule has 2 N–H and O–H groups in total. The lowest BCUT2D eigenvalue weighted by Crippen LogP contribution is -2.29. The molecule has 1 amide bonds. The van der Waals surface area contributed by atoms with E-state index >= 15 is 0 Å². The smallest absolute Gasteiger partial charge is 0.306 e. The molecule has 1 saturated carbocycles. The lowest BCUT2D eigenvalue weighted by molar-refractivity contribution is -0.143. The number of anilines is 1. The molecular weight excluding hydrogens is 234 g/mol. The van der Waals surface area contributed by atoms with Crippen LogP contribution in [0.25, 0.3) is 0 Å². The van der Waals surface area contributed by atoms with Crippen molar-refractivity contribution >= 4 is 17.6 Å². The third-order valence-corrected chi connectivity index (χ3v) is 3.42.